The molecular formula is C13H15FO5S. The molecule has 0 amide bonds. The van der Waals surface area contributed by atoms with Gasteiger partial charge in [0.05, 0.1) is 23.2 Å². The maximum Gasteiger partial charge on any atom is 0.338 e. The first-order valence-electron chi connectivity index (χ1n) is 6.21. The molecular weight excluding hydrogens is 287 g/mol. The molecule has 0 radical (unpaired) electrons. The van der Waals surface area contributed by atoms with E-state index in [1.54, 1.807) is 0 Å². The Morgan fingerprint density at radius 3 is 2.75 bits per heavy atom. The highest BCUT2D eigenvalue weighted by Crippen LogP contribution is 2.18. The molecule has 0 aromatic heterocycles. The van der Waals surface area contributed by atoms with E-state index in [0.717, 1.165) is 18.6 Å². The first-order chi connectivity index (χ1) is 9.37. The molecule has 0 aliphatic carbocycles. The Kier molecular flexibility index (Phi) is 4.39. The summed E-state index contributed by atoms with van der Waals surface area (Å²) in [7, 11) is -3.41. The van der Waals surface area contributed by atoms with E-state index >= 15 is 0 Å². The van der Waals surface area contributed by atoms with Gasteiger partial charge in [-0.3, -0.25) is 0 Å². The molecule has 1 aliphatic heterocycles. The van der Waals surface area contributed by atoms with Crippen LogP contribution in [0.15, 0.2) is 18.2 Å². The predicted molar refractivity (Wildman–Crippen MR) is 69.8 cm³/mol. The third kappa shape index (κ3) is 3.77. The number of hydrogen-bond donors (Lipinski definition) is 1. The van der Waals surface area contributed by atoms with Gasteiger partial charge in [0.15, 0.2) is 9.84 Å². The highest BCUT2D eigenvalue weighted by atomic mass is 32.2. The van der Waals surface area contributed by atoms with Crippen LogP contribution in [-0.4, -0.2) is 38.0 Å². The molecule has 1 N–H and O–H groups in total. The van der Waals surface area contributed by atoms with Gasteiger partial charge in [-0.15, -0.1) is 0 Å². The Morgan fingerprint density at radius 2 is 2.20 bits per heavy atom. The molecule has 0 spiro atoms. The molecule has 7 heteroatoms. The van der Waals surface area contributed by atoms with E-state index < -0.39 is 27.2 Å². The van der Waals surface area contributed by atoms with Crippen molar-refractivity contribution in [2.24, 2.45) is 0 Å². The smallest absolute Gasteiger partial charge is 0.338 e. The fourth-order valence-electron chi connectivity index (χ4n) is 2.19. The molecule has 5 nitrogen and oxygen atoms in total. The maximum atomic E-state index is 13.5. The molecule has 0 bridgehead atoms. The van der Waals surface area contributed by atoms with Crippen LogP contribution in [0.1, 0.15) is 28.8 Å². The van der Waals surface area contributed by atoms with Crippen molar-refractivity contribution in [1.29, 1.82) is 0 Å². The van der Waals surface area contributed by atoms with Gasteiger partial charge < -0.3 is 9.84 Å². The Labute approximate surface area is 116 Å². The first kappa shape index (κ1) is 14.9. The predicted octanol–water partition coefficient (Wildman–Crippen LogP) is 1.62. The number of hydrogen-bond acceptors (Lipinski definition) is 4. The number of sulfone groups is 1. The van der Waals surface area contributed by atoms with Crippen LogP contribution in [-0.2, 0) is 20.3 Å². The summed E-state index contributed by atoms with van der Waals surface area (Å²) in [5, 5.41) is 8.70. The van der Waals surface area contributed by atoms with Crippen molar-refractivity contribution in [3.8, 4) is 0 Å². The molecule has 110 valence electrons. The van der Waals surface area contributed by atoms with Crippen molar-refractivity contribution < 1.29 is 27.4 Å². The van der Waals surface area contributed by atoms with E-state index in [9.17, 15) is 17.6 Å². The van der Waals surface area contributed by atoms with Gasteiger partial charge in [-0.05, 0) is 30.5 Å². The van der Waals surface area contributed by atoms with Crippen molar-refractivity contribution in [2.45, 2.75) is 24.7 Å². The van der Waals surface area contributed by atoms with E-state index in [2.05, 4.69) is 0 Å². The summed E-state index contributed by atoms with van der Waals surface area (Å²) in [4.78, 5) is 10.7. The molecule has 1 aromatic rings. The van der Waals surface area contributed by atoms with Crippen LogP contribution >= 0.6 is 0 Å². The summed E-state index contributed by atoms with van der Waals surface area (Å²) in [6, 6.07) is 3.35. The van der Waals surface area contributed by atoms with Gasteiger partial charge in [-0.25, -0.2) is 17.6 Å². The second-order valence-electron chi connectivity index (χ2n) is 4.81. The number of ether oxygens (including phenoxy) is 1. The molecule has 1 atom stereocenters. The maximum absolute atomic E-state index is 13.5. The summed E-state index contributed by atoms with van der Waals surface area (Å²) >= 11 is 0. The van der Waals surface area contributed by atoms with Crippen LogP contribution in [0.4, 0.5) is 4.39 Å². The van der Waals surface area contributed by atoms with Crippen molar-refractivity contribution >= 4 is 15.8 Å². The summed E-state index contributed by atoms with van der Waals surface area (Å²) in [5.41, 5.74) is -0.226. The summed E-state index contributed by atoms with van der Waals surface area (Å²) in [6.45, 7) is 0.572. The van der Waals surface area contributed by atoms with Gasteiger partial charge in [0.1, 0.15) is 5.82 Å². The highest BCUT2D eigenvalue weighted by molar-refractivity contribution is 7.90. The highest BCUT2D eigenvalue weighted by Gasteiger charge is 2.24. The molecule has 1 fully saturated rings. The zero-order valence-electron chi connectivity index (χ0n) is 10.7. The van der Waals surface area contributed by atoms with Gasteiger partial charge >= 0.3 is 5.97 Å². The quantitative estimate of drug-likeness (QED) is 0.894. The Morgan fingerprint density at radius 1 is 1.45 bits per heavy atom. The lowest BCUT2D eigenvalue weighted by molar-refractivity contribution is 0.0692. The number of carbonyl (C=O) groups is 1. The minimum absolute atomic E-state index is 0.0880. The third-order valence-electron chi connectivity index (χ3n) is 3.11. The Hall–Kier alpha value is -1.47. The van der Waals surface area contributed by atoms with Crippen LogP contribution in [0.25, 0.3) is 0 Å². The molecule has 1 saturated heterocycles. The summed E-state index contributed by atoms with van der Waals surface area (Å²) < 4.78 is 42.7. The molecule has 20 heavy (non-hydrogen) atoms. The minimum atomic E-state index is -3.41. The van der Waals surface area contributed by atoms with Gasteiger partial charge in [-0.1, -0.05) is 6.07 Å². The normalized spacial score (nSPS) is 19.1. The van der Waals surface area contributed by atoms with Crippen LogP contribution in [0.5, 0.6) is 0 Å². The number of rotatable bonds is 5. The number of benzene rings is 1. The van der Waals surface area contributed by atoms with Crippen molar-refractivity contribution in [3.05, 3.63) is 35.1 Å². The van der Waals surface area contributed by atoms with E-state index in [-0.39, 0.29) is 23.2 Å². The van der Waals surface area contributed by atoms with Crippen LogP contribution in [0, 0.1) is 5.82 Å². The zero-order chi connectivity index (χ0) is 14.8. The van der Waals surface area contributed by atoms with Crippen LogP contribution in [0.3, 0.4) is 0 Å². The molecule has 1 aromatic carbocycles. The van der Waals surface area contributed by atoms with Crippen LogP contribution < -0.4 is 0 Å². The molecule has 0 saturated carbocycles. The third-order valence-corrected chi connectivity index (χ3v) is 4.77. The molecule has 1 heterocycles. The minimum Gasteiger partial charge on any atom is -0.478 e. The SMILES string of the molecule is O=C(O)c1ccc(CS(=O)(=O)CC2CCCO2)cc1F. The van der Waals surface area contributed by atoms with Crippen molar-refractivity contribution in [1.82, 2.24) is 0 Å². The van der Waals surface area contributed by atoms with Crippen molar-refractivity contribution in [3.63, 3.8) is 0 Å². The lowest BCUT2D eigenvalue weighted by atomic mass is 10.1. The van der Waals surface area contributed by atoms with E-state index in [1.165, 1.54) is 6.07 Å². The number of carboxylic acid groups (broad SMARTS) is 1. The van der Waals surface area contributed by atoms with Gasteiger partial charge in [0.25, 0.3) is 0 Å². The fraction of sp³-hybridized carbons (Fsp3) is 0.462. The van der Waals surface area contributed by atoms with Gasteiger partial charge in [0.2, 0.25) is 0 Å². The second-order valence-corrected chi connectivity index (χ2v) is 6.92. The van der Waals surface area contributed by atoms with E-state index in [0.29, 0.717) is 13.0 Å². The summed E-state index contributed by atoms with van der Waals surface area (Å²) in [6.07, 6.45) is 1.27. The average Bonchev–Trinajstić information content (AvgIpc) is 2.79. The molecule has 2 rings (SSSR count). The monoisotopic (exact) mass is 302 g/mol. The lowest BCUT2D eigenvalue weighted by Gasteiger charge is -2.10. The zero-order valence-corrected chi connectivity index (χ0v) is 11.5. The van der Waals surface area contributed by atoms with Gasteiger partial charge in [-0.2, -0.15) is 0 Å². The Balaban J connectivity index is 2.08. The number of halogens is 1. The molecule has 1 aliphatic rings. The fourth-order valence-corrected chi connectivity index (χ4v) is 3.83. The van der Waals surface area contributed by atoms with Gasteiger partial charge in [0, 0.05) is 6.61 Å². The summed E-state index contributed by atoms with van der Waals surface area (Å²) in [5.74, 6) is -2.71. The second kappa shape index (κ2) is 5.88. The van der Waals surface area contributed by atoms with E-state index in [1.807, 2.05) is 0 Å². The number of aromatic carboxylic acids is 1. The topological polar surface area (TPSA) is 80.7 Å². The largest absolute Gasteiger partial charge is 0.478 e. The van der Waals surface area contributed by atoms with Crippen molar-refractivity contribution in [2.75, 3.05) is 12.4 Å². The molecule has 1 unspecified atom stereocenters. The van der Waals surface area contributed by atoms with Crippen LogP contribution in [0.2, 0.25) is 0 Å². The number of carboxylic acids is 1. The standard InChI is InChI=1S/C13H15FO5S/c14-12-6-9(3-4-11(12)13(15)16)7-20(17,18)8-10-2-1-5-19-10/h3-4,6,10H,1-2,5,7-8H2,(H,15,16). The lowest BCUT2D eigenvalue weighted by Crippen LogP contribution is -2.21. The van der Waals surface area contributed by atoms with E-state index in [4.69, 9.17) is 9.84 Å². The first-order valence-corrected chi connectivity index (χ1v) is 8.03. The average molecular weight is 302 g/mol. The Bertz CT molecular complexity index is 605.